The van der Waals surface area contributed by atoms with Crippen LogP contribution in [0.3, 0.4) is 0 Å². The third-order valence-electron chi connectivity index (χ3n) is 2.95. The van der Waals surface area contributed by atoms with Crippen molar-refractivity contribution in [1.29, 1.82) is 0 Å². The molecule has 0 saturated heterocycles. The van der Waals surface area contributed by atoms with E-state index < -0.39 is 0 Å². The van der Waals surface area contributed by atoms with E-state index in [0.29, 0.717) is 0 Å². The van der Waals surface area contributed by atoms with E-state index in [4.69, 9.17) is 0 Å². The van der Waals surface area contributed by atoms with Crippen molar-refractivity contribution in [3.05, 3.63) is 53.4 Å². The second kappa shape index (κ2) is 5.65. The zero-order chi connectivity index (χ0) is 13.0. The van der Waals surface area contributed by atoms with Crippen molar-refractivity contribution >= 4 is 6.08 Å². The second-order valence-electron chi connectivity index (χ2n) is 4.29. The van der Waals surface area contributed by atoms with Crippen LogP contribution < -0.4 is 5.32 Å². The summed E-state index contributed by atoms with van der Waals surface area (Å²) in [5.74, 6) is 0. The number of likely N-dealkylation sites (N-methyl/N-ethyl adjacent to an activating group) is 1. The highest BCUT2D eigenvalue weighted by atomic mass is 15.3. The number of hydrogen-bond donors (Lipinski definition) is 1. The van der Waals surface area contributed by atoms with Crippen molar-refractivity contribution in [3.63, 3.8) is 0 Å². The lowest BCUT2D eigenvalue weighted by atomic mass is 10.2. The molecule has 94 valence electrons. The fraction of sp³-hybridized carbons (Fsp3) is 0.267. The molecule has 0 bridgehead atoms. The van der Waals surface area contributed by atoms with Gasteiger partial charge in [-0.25, -0.2) is 4.68 Å². The lowest BCUT2D eigenvalue weighted by Gasteiger charge is -2.03. The highest BCUT2D eigenvalue weighted by Gasteiger charge is 2.09. The molecule has 0 amide bonds. The van der Waals surface area contributed by atoms with Gasteiger partial charge in [-0.2, -0.15) is 5.10 Å². The first-order valence-electron chi connectivity index (χ1n) is 6.17. The number of para-hydroxylation sites is 1. The van der Waals surface area contributed by atoms with E-state index in [-0.39, 0.29) is 0 Å². The molecule has 18 heavy (non-hydrogen) atoms. The predicted octanol–water partition coefficient (Wildman–Crippen LogP) is 2.72. The van der Waals surface area contributed by atoms with Gasteiger partial charge in [0.15, 0.2) is 0 Å². The lowest BCUT2D eigenvalue weighted by molar-refractivity contribution is 0.833. The van der Waals surface area contributed by atoms with Gasteiger partial charge in [-0.05, 0) is 33.0 Å². The first-order chi connectivity index (χ1) is 8.74. The molecule has 0 saturated carbocycles. The summed E-state index contributed by atoms with van der Waals surface area (Å²) < 4.78 is 1.99. The molecule has 1 aromatic carbocycles. The lowest BCUT2D eigenvalue weighted by Crippen LogP contribution is -2.03. The summed E-state index contributed by atoms with van der Waals surface area (Å²) in [6.07, 6.45) is 4.25. The van der Waals surface area contributed by atoms with Crippen LogP contribution in [-0.2, 0) is 0 Å². The summed E-state index contributed by atoms with van der Waals surface area (Å²) in [4.78, 5) is 0. The monoisotopic (exact) mass is 241 g/mol. The second-order valence-corrected chi connectivity index (χ2v) is 4.29. The highest BCUT2D eigenvalue weighted by molar-refractivity contribution is 5.56. The van der Waals surface area contributed by atoms with Crippen molar-refractivity contribution in [2.24, 2.45) is 0 Å². The van der Waals surface area contributed by atoms with E-state index in [2.05, 4.69) is 41.6 Å². The number of benzene rings is 1. The van der Waals surface area contributed by atoms with Crippen LogP contribution in [0.1, 0.15) is 17.0 Å². The topological polar surface area (TPSA) is 29.9 Å². The maximum Gasteiger partial charge on any atom is 0.0673 e. The fourth-order valence-corrected chi connectivity index (χ4v) is 2.01. The Balaban J connectivity index is 2.38. The molecule has 0 unspecified atom stereocenters. The van der Waals surface area contributed by atoms with E-state index in [1.807, 2.05) is 36.9 Å². The Kier molecular flexibility index (Phi) is 3.95. The first-order valence-corrected chi connectivity index (χ1v) is 6.17. The Morgan fingerprint density at radius 1 is 1.22 bits per heavy atom. The maximum atomic E-state index is 4.60. The molecular weight excluding hydrogens is 222 g/mol. The first kappa shape index (κ1) is 12.6. The minimum Gasteiger partial charge on any atom is -0.316 e. The van der Waals surface area contributed by atoms with Crippen LogP contribution >= 0.6 is 0 Å². The summed E-state index contributed by atoms with van der Waals surface area (Å²) in [5, 5.41) is 7.71. The maximum absolute atomic E-state index is 4.60. The van der Waals surface area contributed by atoms with E-state index in [9.17, 15) is 0 Å². The molecule has 0 aliphatic carbocycles. The largest absolute Gasteiger partial charge is 0.316 e. The summed E-state index contributed by atoms with van der Waals surface area (Å²) in [6.45, 7) is 5.02. The van der Waals surface area contributed by atoms with Gasteiger partial charge in [-0.15, -0.1) is 0 Å². The molecule has 0 spiro atoms. The summed E-state index contributed by atoms with van der Waals surface area (Å²) in [5.41, 5.74) is 4.54. The van der Waals surface area contributed by atoms with Crippen LogP contribution in [0.15, 0.2) is 36.4 Å². The van der Waals surface area contributed by atoms with Crippen LogP contribution in [0.4, 0.5) is 0 Å². The van der Waals surface area contributed by atoms with Crippen LogP contribution in [0.5, 0.6) is 0 Å². The van der Waals surface area contributed by atoms with Crippen molar-refractivity contribution in [2.75, 3.05) is 13.6 Å². The van der Waals surface area contributed by atoms with Crippen molar-refractivity contribution in [1.82, 2.24) is 15.1 Å². The number of aromatic nitrogens is 2. The average Bonchev–Trinajstić information content (AvgIpc) is 2.68. The third-order valence-corrected chi connectivity index (χ3v) is 2.95. The predicted molar refractivity (Wildman–Crippen MR) is 76.0 cm³/mol. The fourth-order valence-electron chi connectivity index (χ4n) is 2.01. The number of nitrogens with one attached hydrogen (secondary N) is 1. The zero-order valence-electron chi connectivity index (χ0n) is 11.1. The van der Waals surface area contributed by atoms with E-state index >= 15 is 0 Å². The Labute approximate surface area is 108 Å². The molecule has 0 radical (unpaired) electrons. The smallest absolute Gasteiger partial charge is 0.0673 e. The third kappa shape index (κ3) is 2.51. The Hall–Kier alpha value is -1.87. The molecule has 1 N–H and O–H groups in total. The molecule has 3 nitrogen and oxygen atoms in total. The molecule has 2 rings (SSSR count). The minimum absolute atomic E-state index is 0.870. The molecular formula is C15H19N3. The molecule has 0 fully saturated rings. The van der Waals surface area contributed by atoms with Gasteiger partial charge in [0.25, 0.3) is 0 Å². The van der Waals surface area contributed by atoms with E-state index in [1.165, 1.54) is 11.3 Å². The van der Waals surface area contributed by atoms with Gasteiger partial charge < -0.3 is 5.32 Å². The Morgan fingerprint density at radius 2 is 1.94 bits per heavy atom. The van der Waals surface area contributed by atoms with Crippen molar-refractivity contribution < 1.29 is 0 Å². The van der Waals surface area contributed by atoms with E-state index in [0.717, 1.165) is 17.9 Å². The standard InChI is InChI=1S/C15H19N3/c1-12-15(10-7-11-16-3)13(2)18(17-12)14-8-5-4-6-9-14/h4-10,16H,11H2,1-3H3. The summed E-state index contributed by atoms with van der Waals surface area (Å²) in [7, 11) is 1.94. The van der Waals surface area contributed by atoms with Gasteiger partial charge in [0, 0.05) is 17.8 Å². The van der Waals surface area contributed by atoms with Gasteiger partial charge >= 0.3 is 0 Å². The van der Waals surface area contributed by atoms with E-state index in [1.54, 1.807) is 0 Å². The zero-order valence-corrected chi connectivity index (χ0v) is 11.1. The number of rotatable bonds is 4. The number of nitrogens with zero attached hydrogens (tertiary/aromatic N) is 2. The van der Waals surface area contributed by atoms with Crippen LogP contribution in [0.2, 0.25) is 0 Å². The molecule has 1 heterocycles. The van der Waals surface area contributed by atoms with Gasteiger partial charge in [-0.3, -0.25) is 0 Å². The summed E-state index contributed by atoms with van der Waals surface area (Å²) >= 11 is 0. The Bertz CT molecular complexity index is 538. The molecule has 2 aromatic rings. The number of aryl methyl sites for hydroxylation is 1. The number of hydrogen-bond acceptors (Lipinski definition) is 2. The Morgan fingerprint density at radius 3 is 2.61 bits per heavy atom. The average molecular weight is 241 g/mol. The van der Waals surface area contributed by atoms with Gasteiger partial charge in [-0.1, -0.05) is 30.4 Å². The van der Waals surface area contributed by atoms with Gasteiger partial charge in [0.05, 0.1) is 11.4 Å². The molecule has 0 atom stereocenters. The van der Waals surface area contributed by atoms with Gasteiger partial charge in [0.1, 0.15) is 0 Å². The molecule has 3 heteroatoms. The van der Waals surface area contributed by atoms with Crippen molar-refractivity contribution in [3.8, 4) is 5.69 Å². The minimum atomic E-state index is 0.870. The molecule has 0 aliphatic rings. The highest BCUT2D eigenvalue weighted by Crippen LogP contribution is 2.18. The van der Waals surface area contributed by atoms with Crippen LogP contribution in [-0.4, -0.2) is 23.4 Å². The molecule has 1 aromatic heterocycles. The quantitative estimate of drug-likeness (QED) is 0.892. The van der Waals surface area contributed by atoms with Crippen molar-refractivity contribution in [2.45, 2.75) is 13.8 Å². The molecule has 0 aliphatic heterocycles. The van der Waals surface area contributed by atoms with Crippen LogP contribution in [0.25, 0.3) is 11.8 Å². The summed E-state index contributed by atoms with van der Waals surface area (Å²) in [6, 6.07) is 10.2. The SMILES string of the molecule is CNCC=Cc1c(C)nn(-c2ccccc2)c1C. The van der Waals surface area contributed by atoms with Crippen LogP contribution in [0, 0.1) is 13.8 Å². The van der Waals surface area contributed by atoms with Gasteiger partial charge in [0.2, 0.25) is 0 Å². The normalized spacial score (nSPS) is 11.3.